The Balaban J connectivity index is 1.53. The molecule has 1 N–H and O–H groups in total. The fourth-order valence-corrected chi connectivity index (χ4v) is 2.62. The largest absolute Gasteiger partial charge is 0.370 e. The molecule has 0 bridgehead atoms. The van der Waals surface area contributed by atoms with Crippen LogP contribution in [0.1, 0.15) is 66.3 Å². The van der Waals surface area contributed by atoms with E-state index in [4.69, 9.17) is 9.26 Å². The Morgan fingerprint density at radius 3 is 2.88 bits per heavy atom. The molecule has 1 saturated heterocycles. The zero-order valence-electron chi connectivity index (χ0n) is 13.8. The van der Waals surface area contributed by atoms with E-state index in [1.54, 1.807) is 18.5 Å². The van der Waals surface area contributed by atoms with Crippen LogP contribution in [0.5, 0.6) is 0 Å². The van der Waals surface area contributed by atoms with Crippen LogP contribution in [0.2, 0.25) is 0 Å². The minimum Gasteiger partial charge on any atom is -0.370 e. The molecule has 24 heavy (non-hydrogen) atoms. The summed E-state index contributed by atoms with van der Waals surface area (Å²) in [5.41, 5.74) is 1.13. The first kappa shape index (κ1) is 16.6. The summed E-state index contributed by atoms with van der Waals surface area (Å²) in [6.07, 6.45) is 8.38. The molecular formula is C17H22N4O3. The molecule has 7 nitrogen and oxygen atoms in total. The highest BCUT2D eigenvalue weighted by Gasteiger charge is 2.18. The van der Waals surface area contributed by atoms with Crippen molar-refractivity contribution in [2.75, 3.05) is 6.61 Å². The van der Waals surface area contributed by atoms with Crippen molar-refractivity contribution in [3.8, 4) is 0 Å². The lowest BCUT2D eigenvalue weighted by molar-refractivity contribution is 0.00940. The van der Waals surface area contributed by atoms with E-state index >= 15 is 0 Å². The van der Waals surface area contributed by atoms with Gasteiger partial charge in [0.1, 0.15) is 11.9 Å². The highest BCUT2D eigenvalue weighted by Crippen LogP contribution is 2.24. The summed E-state index contributed by atoms with van der Waals surface area (Å²) >= 11 is 0. The van der Waals surface area contributed by atoms with E-state index in [1.807, 2.05) is 6.92 Å². The number of ether oxygens (including phenoxy) is 1. The van der Waals surface area contributed by atoms with Crippen molar-refractivity contribution in [3.05, 3.63) is 41.3 Å². The summed E-state index contributed by atoms with van der Waals surface area (Å²) in [6, 6.07) is 1.68. The first-order valence-corrected chi connectivity index (χ1v) is 8.42. The molecule has 0 saturated carbocycles. The molecule has 0 spiro atoms. The molecule has 1 aliphatic heterocycles. The highest BCUT2D eigenvalue weighted by atomic mass is 16.5. The Kier molecular flexibility index (Phi) is 5.53. The van der Waals surface area contributed by atoms with Crippen LogP contribution in [0.25, 0.3) is 0 Å². The molecule has 0 unspecified atom stereocenters. The highest BCUT2D eigenvalue weighted by molar-refractivity contribution is 5.92. The molecule has 7 heteroatoms. The van der Waals surface area contributed by atoms with Gasteiger partial charge >= 0.3 is 0 Å². The molecular weight excluding hydrogens is 308 g/mol. The molecule has 2 aromatic rings. The number of aryl methyl sites for hydroxylation is 1. The van der Waals surface area contributed by atoms with Crippen LogP contribution in [0, 0.1) is 0 Å². The molecule has 1 fully saturated rings. The molecule has 3 heterocycles. The van der Waals surface area contributed by atoms with Gasteiger partial charge < -0.3 is 14.6 Å². The van der Waals surface area contributed by atoms with Gasteiger partial charge in [0, 0.05) is 43.6 Å². The van der Waals surface area contributed by atoms with Gasteiger partial charge in [-0.2, -0.15) is 0 Å². The fourth-order valence-electron chi connectivity index (χ4n) is 2.62. The van der Waals surface area contributed by atoms with Crippen molar-refractivity contribution in [3.63, 3.8) is 0 Å². The van der Waals surface area contributed by atoms with Gasteiger partial charge in [0.05, 0.1) is 0 Å². The van der Waals surface area contributed by atoms with E-state index in [1.165, 1.54) is 0 Å². The third-order valence-electron chi connectivity index (χ3n) is 3.93. The van der Waals surface area contributed by atoms with Gasteiger partial charge in [-0.05, 0) is 25.7 Å². The average Bonchev–Trinajstić information content (AvgIpc) is 3.10. The summed E-state index contributed by atoms with van der Waals surface area (Å²) in [4.78, 5) is 20.8. The standard InChI is InChI=1S/C17H22N4O3/c1-2-5-13-8-14(21-24-13)17(22)20-11-12-9-18-16(19-10-12)15-6-3-4-7-23-15/h8-10,15H,2-7,11H2,1H3,(H,20,22)/t15-/m0/s1. The normalized spacial score (nSPS) is 17.6. The number of hydrogen-bond donors (Lipinski definition) is 1. The zero-order chi connectivity index (χ0) is 16.8. The van der Waals surface area contributed by atoms with Crippen molar-refractivity contribution in [2.45, 2.75) is 51.7 Å². The molecule has 0 aromatic carbocycles. The second kappa shape index (κ2) is 8.01. The van der Waals surface area contributed by atoms with Gasteiger partial charge in [0.15, 0.2) is 11.5 Å². The minimum atomic E-state index is -0.263. The molecule has 3 rings (SSSR count). The van der Waals surface area contributed by atoms with Crippen LogP contribution < -0.4 is 5.32 Å². The van der Waals surface area contributed by atoms with Crippen LogP contribution >= 0.6 is 0 Å². The van der Waals surface area contributed by atoms with Gasteiger partial charge in [-0.3, -0.25) is 4.79 Å². The van der Waals surface area contributed by atoms with Crippen molar-refractivity contribution in [2.24, 2.45) is 0 Å². The Hall–Kier alpha value is -2.28. The van der Waals surface area contributed by atoms with Crippen molar-refractivity contribution in [1.29, 1.82) is 0 Å². The lowest BCUT2D eigenvalue weighted by atomic mass is 10.1. The maximum absolute atomic E-state index is 12.1. The maximum atomic E-state index is 12.1. The Bertz CT molecular complexity index is 663. The SMILES string of the molecule is CCCc1cc(C(=O)NCc2cnc([C@@H]3CCCCO3)nc2)no1. The van der Waals surface area contributed by atoms with Crippen LogP contribution in [0.3, 0.4) is 0 Å². The Labute approximate surface area is 140 Å². The number of rotatable bonds is 6. The molecule has 1 aliphatic rings. The molecule has 1 atom stereocenters. The van der Waals surface area contributed by atoms with Gasteiger partial charge in [-0.1, -0.05) is 12.1 Å². The summed E-state index contributed by atoms with van der Waals surface area (Å²) in [5, 5.41) is 6.58. The van der Waals surface area contributed by atoms with Gasteiger partial charge in [-0.15, -0.1) is 0 Å². The number of amides is 1. The number of hydrogen-bond acceptors (Lipinski definition) is 6. The molecule has 2 aromatic heterocycles. The molecule has 1 amide bonds. The Morgan fingerprint density at radius 1 is 1.33 bits per heavy atom. The molecule has 128 valence electrons. The molecule has 0 radical (unpaired) electrons. The van der Waals surface area contributed by atoms with E-state index < -0.39 is 0 Å². The summed E-state index contributed by atoms with van der Waals surface area (Å²) in [6.45, 7) is 3.16. The second-order valence-corrected chi connectivity index (χ2v) is 5.92. The van der Waals surface area contributed by atoms with Crippen LogP contribution in [-0.4, -0.2) is 27.6 Å². The van der Waals surface area contributed by atoms with E-state index in [0.29, 0.717) is 18.1 Å². The van der Waals surface area contributed by atoms with E-state index in [2.05, 4.69) is 20.4 Å². The topological polar surface area (TPSA) is 90.1 Å². The summed E-state index contributed by atoms with van der Waals surface area (Å²) in [5.74, 6) is 1.18. The third-order valence-corrected chi connectivity index (χ3v) is 3.93. The van der Waals surface area contributed by atoms with Gasteiger partial charge in [0.25, 0.3) is 5.91 Å². The van der Waals surface area contributed by atoms with Crippen molar-refractivity contribution in [1.82, 2.24) is 20.4 Å². The predicted octanol–water partition coefficient (Wildman–Crippen LogP) is 2.59. The zero-order valence-corrected chi connectivity index (χ0v) is 13.8. The minimum absolute atomic E-state index is 0.00509. The first-order valence-electron chi connectivity index (χ1n) is 8.42. The summed E-state index contributed by atoms with van der Waals surface area (Å²) < 4.78 is 10.8. The second-order valence-electron chi connectivity index (χ2n) is 5.92. The predicted molar refractivity (Wildman–Crippen MR) is 86.2 cm³/mol. The van der Waals surface area contributed by atoms with Crippen LogP contribution in [0.15, 0.2) is 23.0 Å². The quantitative estimate of drug-likeness (QED) is 0.875. The van der Waals surface area contributed by atoms with E-state index in [9.17, 15) is 4.79 Å². The Morgan fingerprint density at radius 2 is 2.17 bits per heavy atom. The number of carbonyl (C=O) groups is 1. The number of nitrogens with zero attached hydrogens (tertiary/aromatic N) is 3. The van der Waals surface area contributed by atoms with E-state index in [0.717, 1.165) is 50.0 Å². The van der Waals surface area contributed by atoms with Crippen LogP contribution in [-0.2, 0) is 17.7 Å². The number of carbonyl (C=O) groups excluding carboxylic acids is 1. The first-order chi connectivity index (χ1) is 11.8. The van der Waals surface area contributed by atoms with Crippen molar-refractivity contribution >= 4 is 5.91 Å². The van der Waals surface area contributed by atoms with Crippen LogP contribution in [0.4, 0.5) is 0 Å². The van der Waals surface area contributed by atoms with Crippen molar-refractivity contribution < 1.29 is 14.1 Å². The maximum Gasteiger partial charge on any atom is 0.273 e. The monoisotopic (exact) mass is 330 g/mol. The third kappa shape index (κ3) is 4.17. The van der Waals surface area contributed by atoms with Gasteiger partial charge in [-0.25, -0.2) is 9.97 Å². The number of aromatic nitrogens is 3. The smallest absolute Gasteiger partial charge is 0.273 e. The van der Waals surface area contributed by atoms with Gasteiger partial charge in [0.2, 0.25) is 0 Å². The lowest BCUT2D eigenvalue weighted by Crippen LogP contribution is -2.23. The fraction of sp³-hybridized carbons (Fsp3) is 0.529. The average molecular weight is 330 g/mol. The van der Waals surface area contributed by atoms with E-state index in [-0.39, 0.29) is 12.0 Å². The lowest BCUT2D eigenvalue weighted by Gasteiger charge is -2.21. The molecule has 0 aliphatic carbocycles. The number of nitrogens with one attached hydrogen (secondary N) is 1. The summed E-state index contributed by atoms with van der Waals surface area (Å²) in [7, 11) is 0.